The lowest BCUT2D eigenvalue weighted by molar-refractivity contribution is 0.0976. The zero-order chi connectivity index (χ0) is 10.7. The van der Waals surface area contributed by atoms with Gasteiger partial charge in [-0.1, -0.05) is 13.3 Å². The van der Waals surface area contributed by atoms with E-state index in [2.05, 4.69) is 17.2 Å². The third kappa shape index (κ3) is 2.56. The Balaban J connectivity index is 1.98. The Morgan fingerprint density at radius 1 is 1.73 bits per heavy atom. The van der Waals surface area contributed by atoms with Crippen molar-refractivity contribution in [2.75, 3.05) is 6.54 Å². The van der Waals surface area contributed by atoms with Gasteiger partial charge >= 0.3 is 0 Å². The smallest absolute Gasteiger partial charge is 0.123 e. The van der Waals surface area contributed by atoms with Crippen molar-refractivity contribution in [3.63, 3.8) is 0 Å². The summed E-state index contributed by atoms with van der Waals surface area (Å²) in [7, 11) is 0. The number of hydrogen-bond acceptors (Lipinski definition) is 4. The van der Waals surface area contributed by atoms with E-state index in [4.69, 9.17) is 0 Å². The lowest BCUT2D eigenvalue weighted by atomic mass is 9.88. The van der Waals surface area contributed by atoms with Crippen LogP contribution in [0.4, 0.5) is 0 Å². The second-order valence-corrected chi connectivity index (χ2v) is 5.10. The Labute approximate surface area is 94.5 Å². The molecule has 0 bridgehead atoms. The summed E-state index contributed by atoms with van der Waals surface area (Å²) in [6.07, 6.45) is 4.83. The SMILES string of the molecule is CCC1CCNC(C(O)c2nccs2)C1. The van der Waals surface area contributed by atoms with Crippen molar-refractivity contribution in [2.24, 2.45) is 5.92 Å². The maximum absolute atomic E-state index is 10.1. The Kier molecular flexibility index (Phi) is 3.72. The molecule has 2 N–H and O–H groups in total. The number of nitrogens with one attached hydrogen (secondary N) is 1. The first-order valence-electron chi connectivity index (χ1n) is 5.62. The molecule has 0 amide bonds. The summed E-state index contributed by atoms with van der Waals surface area (Å²) in [4.78, 5) is 4.17. The van der Waals surface area contributed by atoms with Crippen molar-refractivity contribution in [2.45, 2.75) is 38.3 Å². The molecule has 1 aliphatic heterocycles. The minimum Gasteiger partial charge on any atom is -0.384 e. The fraction of sp³-hybridized carbons (Fsp3) is 0.727. The molecule has 3 unspecified atom stereocenters. The quantitative estimate of drug-likeness (QED) is 0.828. The molecule has 1 aromatic heterocycles. The molecule has 15 heavy (non-hydrogen) atoms. The van der Waals surface area contributed by atoms with E-state index in [9.17, 15) is 5.11 Å². The molecule has 2 rings (SSSR count). The average molecular weight is 226 g/mol. The Hall–Kier alpha value is -0.450. The lowest BCUT2D eigenvalue weighted by Crippen LogP contribution is -2.42. The Morgan fingerprint density at radius 2 is 2.60 bits per heavy atom. The van der Waals surface area contributed by atoms with Gasteiger partial charge in [-0.25, -0.2) is 4.98 Å². The summed E-state index contributed by atoms with van der Waals surface area (Å²) in [5, 5.41) is 16.3. The number of thiazole rings is 1. The number of rotatable bonds is 3. The molecule has 1 aromatic rings. The number of aliphatic hydroxyl groups is 1. The molecule has 1 aliphatic rings. The van der Waals surface area contributed by atoms with Gasteiger partial charge in [-0.05, 0) is 25.3 Å². The normalized spacial score (nSPS) is 28.9. The maximum Gasteiger partial charge on any atom is 0.123 e. The van der Waals surface area contributed by atoms with Crippen LogP contribution in [0.25, 0.3) is 0 Å². The highest BCUT2D eigenvalue weighted by molar-refractivity contribution is 7.09. The van der Waals surface area contributed by atoms with E-state index < -0.39 is 6.10 Å². The fourth-order valence-electron chi connectivity index (χ4n) is 2.20. The van der Waals surface area contributed by atoms with E-state index >= 15 is 0 Å². The highest BCUT2D eigenvalue weighted by atomic mass is 32.1. The fourth-order valence-corrected chi connectivity index (χ4v) is 2.88. The van der Waals surface area contributed by atoms with Crippen molar-refractivity contribution in [1.29, 1.82) is 0 Å². The van der Waals surface area contributed by atoms with Crippen LogP contribution in [0.5, 0.6) is 0 Å². The predicted octanol–water partition coefficient (Wildman–Crippen LogP) is 1.95. The average Bonchev–Trinajstić information content (AvgIpc) is 2.81. The van der Waals surface area contributed by atoms with Gasteiger partial charge in [0.05, 0.1) is 0 Å². The molecular formula is C11H18N2OS. The second-order valence-electron chi connectivity index (χ2n) is 4.17. The molecule has 3 nitrogen and oxygen atoms in total. The van der Waals surface area contributed by atoms with Gasteiger partial charge in [0.15, 0.2) is 0 Å². The van der Waals surface area contributed by atoms with Crippen LogP contribution in [0.15, 0.2) is 11.6 Å². The standard InChI is InChI=1S/C11H18N2OS/c1-2-8-3-4-12-9(7-8)10(14)11-13-5-6-15-11/h5-6,8-10,12,14H,2-4,7H2,1H3. The van der Waals surface area contributed by atoms with Crippen LogP contribution in [0.2, 0.25) is 0 Å². The predicted molar refractivity (Wildman–Crippen MR) is 61.9 cm³/mol. The highest BCUT2D eigenvalue weighted by Crippen LogP contribution is 2.28. The summed E-state index contributed by atoms with van der Waals surface area (Å²) in [5.41, 5.74) is 0. The first-order valence-corrected chi connectivity index (χ1v) is 6.50. The number of aromatic nitrogens is 1. The minimum atomic E-state index is -0.431. The van der Waals surface area contributed by atoms with Gasteiger partial charge in [-0.2, -0.15) is 0 Å². The molecule has 0 spiro atoms. The summed E-state index contributed by atoms with van der Waals surface area (Å²) in [5.74, 6) is 0.755. The molecule has 84 valence electrons. The van der Waals surface area contributed by atoms with E-state index in [0.717, 1.165) is 23.9 Å². The van der Waals surface area contributed by atoms with Crippen LogP contribution in [0.1, 0.15) is 37.3 Å². The summed E-state index contributed by atoms with van der Waals surface area (Å²) in [6.45, 7) is 3.24. The number of nitrogens with zero attached hydrogens (tertiary/aromatic N) is 1. The van der Waals surface area contributed by atoms with Crippen LogP contribution < -0.4 is 5.32 Å². The largest absolute Gasteiger partial charge is 0.384 e. The maximum atomic E-state index is 10.1. The van der Waals surface area contributed by atoms with Gasteiger partial charge in [-0.3, -0.25) is 0 Å². The van der Waals surface area contributed by atoms with Crippen LogP contribution in [0, 0.1) is 5.92 Å². The van der Waals surface area contributed by atoms with E-state index in [-0.39, 0.29) is 6.04 Å². The molecule has 0 radical (unpaired) electrons. The second kappa shape index (κ2) is 5.05. The van der Waals surface area contributed by atoms with Crippen molar-refractivity contribution >= 4 is 11.3 Å². The summed E-state index contributed by atoms with van der Waals surface area (Å²) >= 11 is 1.53. The van der Waals surface area contributed by atoms with Crippen molar-refractivity contribution < 1.29 is 5.11 Å². The minimum absolute atomic E-state index is 0.190. The monoisotopic (exact) mass is 226 g/mol. The van der Waals surface area contributed by atoms with Crippen molar-refractivity contribution in [3.05, 3.63) is 16.6 Å². The van der Waals surface area contributed by atoms with Crippen LogP contribution >= 0.6 is 11.3 Å². The molecule has 0 aromatic carbocycles. The van der Waals surface area contributed by atoms with Gasteiger partial charge in [0.2, 0.25) is 0 Å². The van der Waals surface area contributed by atoms with E-state index in [0.29, 0.717) is 0 Å². The molecule has 1 fully saturated rings. The third-order valence-corrected chi connectivity index (χ3v) is 4.06. The van der Waals surface area contributed by atoms with Crippen LogP contribution in [-0.4, -0.2) is 22.7 Å². The topological polar surface area (TPSA) is 45.1 Å². The zero-order valence-electron chi connectivity index (χ0n) is 9.02. The van der Waals surface area contributed by atoms with E-state index in [1.165, 1.54) is 24.2 Å². The first kappa shape index (κ1) is 11.0. The lowest BCUT2D eigenvalue weighted by Gasteiger charge is -2.32. The van der Waals surface area contributed by atoms with Gasteiger partial charge in [-0.15, -0.1) is 11.3 Å². The highest BCUT2D eigenvalue weighted by Gasteiger charge is 2.28. The molecule has 2 heterocycles. The van der Waals surface area contributed by atoms with Crippen molar-refractivity contribution in [1.82, 2.24) is 10.3 Å². The number of piperidine rings is 1. The summed E-state index contributed by atoms with van der Waals surface area (Å²) in [6, 6.07) is 0.190. The molecule has 3 atom stereocenters. The van der Waals surface area contributed by atoms with Crippen LogP contribution in [0.3, 0.4) is 0 Å². The zero-order valence-corrected chi connectivity index (χ0v) is 9.83. The third-order valence-electron chi connectivity index (χ3n) is 3.21. The van der Waals surface area contributed by atoms with Gasteiger partial charge in [0.25, 0.3) is 0 Å². The Morgan fingerprint density at radius 3 is 3.27 bits per heavy atom. The number of aliphatic hydroxyl groups excluding tert-OH is 1. The van der Waals surface area contributed by atoms with Crippen LogP contribution in [-0.2, 0) is 0 Å². The van der Waals surface area contributed by atoms with E-state index in [1.807, 2.05) is 5.38 Å². The number of hydrogen-bond donors (Lipinski definition) is 2. The van der Waals surface area contributed by atoms with Crippen molar-refractivity contribution in [3.8, 4) is 0 Å². The van der Waals surface area contributed by atoms with Gasteiger partial charge in [0.1, 0.15) is 11.1 Å². The molecule has 1 saturated heterocycles. The molecule has 0 aliphatic carbocycles. The molecule has 4 heteroatoms. The molecule has 0 saturated carbocycles. The van der Waals surface area contributed by atoms with E-state index in [1.54, 1.807) is 6.20 Å². The Bertz CT molecular complexity index is 289. The molecular weight excluding hydrogens is 208 g/mol. The van der Waals surface area contributed by atoms with Gasteiger partial charge < -0.3 is 10.4 Å². The first-order chi connectivity index (χ1) is 7.31. The van der Waals surface area contributed by atoms with Gasteiger partial charge in [0, 0.05) is 17.6 Å². The summed E-state index contributed by atoms with van der Waals surface area (Å²) < 4.78 is 0.